The molecule has 0 aliphatic carbocycles. The Kier molecular flexibility index (Phi) is 36.2. The van der Waals surface area contributed by atoms with Crippen LogP contribution in [0, 0.1) is 0 Å². The van der Waals surface area contributed by atoms with Crippen molar-refractivity contribution in [3.8, 4) is 0 Å². The van der Waals surface area contributed by atoms with Gasteiger partial charge in [0.15, 0.2) is 6.67 Å². The Morgan fingerprint density at radius 3 is 1.33 bits per heavy atom. The van der Waals surface area contributed by atoms with E-state index in [4.69, 9.17) is 23.2 Å². The molecule has 2 nitrogen and oxygen atoms in total. The molecule has 0 saturated heterocycles. The fourth-order valence-corrected chi connectivity index (χ4v) is 0. The summed E-state index contributed by atoms with van der Waals surface area (Å²) in [5.74, 6) is -0.0957. The van der Waals surface area contributed by atoms with Gasteiger partial charge in [0, 0.05) is 0 Å². The summed E-state index contributed by atoms with van der Waals surface area (Å²) in [4.78, 5) is 18.6. The van der Waals surface area contributed by atoms with Crippen LogP contribution in [0.2, 0.25) is 0 Å². The van der Waals surface area contributed by atoms with Gasteiger partial charge in [-0.3, -0.25) is 9.59 Å². The molecule has 0 aliphatic rings. The molecule has 8 heteroatoms. The van der Waals surface area contributed by atoms with Crippen LogP contribution in [0.1, 0.15) is 0 Å². The van der Waals surface area contributed by atoms with Crippen LogP contribution in [0.5, 0.6) is 0 Å². The van der Waals surface area contributed by atoms with Crippen molar-refractivity contribution < 1.29 is 70.1 Å². The Morgan fingerprint density at radius 1 is 1.17 bits per heavy atom. The quantitative estimate of drug-likeness (QED) is 0.288. The van der Waals surface area contributed by atoms with Crippen molar-refractivity contribution in [2.24, 2.45) is 0 Å². The van der Waals surface area contributed by atoms with E-state index in [9.17, 15) is 14.0 Å². The molecule has 0 aromatic carbocycles. The van der Waals surface area contributed by atoms with Crippen LogP contribution in [-0.4, -0.2) is 23.0 Å². The van der Waals surface area contributed by atoms with Crippen molar-refractivity contribution in [1.29, 1.82) is 0 Å². The van der Waals surface area contributed by atoms with Crippen LogP contribution in [-0.2, 0) is 9.59 Å². The number of rotatable bonds is 2. The molecular formula is C4H4Cl3F2KO2. The standard InChI is InChI=1S/C2H2Cl2O.C2H2ClFO.FH.K/c3-1-2(4)5;3-2(5)1-4;;/h2*1H2;1H;/q;;;+1/p-1/i;4-1;1-1;. The zero-order valence-electron chi connectivity index (χ0n) is 6.12. The fraction of sp³-hybridized carbons (Fsp3) is 0.500. The second-order valence-corrected chi connectivity index (χ2v) is 2.09. The van der Waals surface area contributed by atoms with Gasteiger partial charge < -0.3 is 4.70 Å². The van der Waals surface area contributed by atoms with Crippen molar-refractivity contribution in [2.75, 3.05) is 12.6 Å². The molecule has 0 atom stereocenters. The molecule has 0 radical (unpaired) electrons. The van der Waals surface area contributed by atoms with Crippen molar-refractivity contribution in [3.63, 3.8) is 0 Å². The van der Waals surface area contributed by atoms with E-state index in [1.54, 1.807) is 0 Å². The average Bonchev–Trinajstić information content (AvgIpc) is 1.89. The van der Waals surface area contributed by atoms with Gasteiger partial charge in [-0.15, -0.1) is 11.6 Å². The van der Waals surface area contributed by atoms with Crippen LogP contribution in [0.15, 0.2) is 0 Å². The third-order valence-corrected chi connectivity index (χ3v) is 0.824. The Labute approximate surface area is 126 Å². The molecule has 0 saturated carbocycles. The van der Waals surface area contributed by atoms with E-state index in [2.05, 4.69) is 11.6 Å². The molecular weight excluding hydrogens is 262 g/mol. The van der Waals surface area contributed by atoms with Crippen molar-refractivity contribution >= 4 is 45.3 Å². The minimum atomic E-state index is -1.07. The molecule has 0 spiro atoms. The SMILES string of the molecule is O=C(Cl)CCl.O=C(Cl)C[18F].[18F-].[K+]. The van der Waals surface area contributed by atoms with Gasteiger partial charge in [-0.05, 0) is 23.2 Å². The summed E-state index contributed by atoms with van der Waals surface area (Å²) in [6, 6.07) is 0. The van der Waals surface area contributed by atoms with E-state index in [0.29, 0.717) is 0 Å². The topological polar surface area (TPSA) is 34.1 Å². The predicted octanol–water partition coefficient (Wildman–Crippen LogP) is -4.28. The molecule has 0 aliphatic heterocycles. The molecule has 0 aromatic rings. The summed E-state index contributed by atoms with van der Waals surface area (Å²) in [5.41, 5.74) is 0. The van der Waals surface area contributed by atoms with Crippen molar-refractivity contribution in [3.05, 3.63) is 0 Å². The van der Waals surface area contributed by atoms with Gasteiger partial charge in [0.05, 0.1) is 5.88 Å². The van der Waals surface area contributed by atoms with Gasteiger partial charge >= 0.3 is 51.4 Å². The first-order chi connectivity index (χ1) is 4.54. The third-order valence-electron chi connectivity index (χ3n) is 0.210. The van der Waals surface area contributed by atoms with E-state index in [1.165, 1.54) is 0 Å². The maximum atomic E-state index is 10.6. The zero-order chi connectivity index (χ0) is 8.57. The predicted molar refractivity (Wildman–Crippen MR) is 38.4 cm³/mol. The first kappa shape index (κ1) is 23.5. The van der Waals surface area contributed by atoms with Gasteiger partial charge in [0.25, 0.3) is 5.24 Å². The normalized spacial score (nSPS) is 6.33. The summed E-state index contributed by atoms with van der Waals surface area (Å²) in [7, 11) is 0. The van der Waals surface area contributed by atoms with Gasteiger partial charge in [-0.1, -0.05) is 0 Å². The Balaban J connectivity index is -0.0000000457. The maximum Gasteiger partial charge on any atom is 1.00 e. The maximum absolute atomic E-state index is 10.6. The first-order valence-electron chi connectivity index (χ1n) is 2.03. The molecule has 0 N–H and O–H groups in total. The number of hydrogen-bond donors (Lipinski definition) is 0. The second-order valence-electron chi connectivity index (χ2n) is 0.978. The molecule has 0 amide bonds. The molecule has 0 aromatic heterocycles. The first-order valence-corrected chi connectivity index (χ1v) is 3.32. The molecule has 12 heavy (non-hydrogen) atoms. The fourth-order valence-electron chi connectivity index (χ4n) is 0. The summed E-state index contributed by atoms with van der Waals surface area (Å²) in [6.07, 6.45) is 0. The van der Waals surface area contributed by atoms with Crippen LogP contribution in [0.3, 0.4) is 0 Å². The van der Waals surface area contributed by atoms with Crippen LogP contribution >= 0.6 is 34.8 Å². The van der Waals surface area contributed by atoms with Crippen molar-refractivity contribution in [1.82, 2.24) is 0 Å². The zero-order valence-corrected chi connectivity index (χ0v) is 11.5. The number of carbonyl (C=O) groups excluding carboxylic acids is 2. The van der Waals surface area contributed by atoms with Gasteiger partial charge in [0.2, 0.25) is 5.24 Å². The summed E-state index contributed by atoms with van der Waals surface area (Å²) in [6.45, 7) is -1.07. The molecule has 0 fully saturated rings. The van der Waals surface area contributed by atoms with E-state index in [0.717, 1.165) is 0 Å². The summed E-state index contributed by atoms with van der Waals surface area (Å²) in [5, 5.41) is -1.45. The molecule has 0 heterocycles. The monoisotopic (exact) mass is 264 g/mol. The largest absolute Gasteiger partial charge is 1.00 e. The Morgan fingerprint density at radius 2 is 1.33 bits per heavy atom. The summed E-state index contributed by atoms with van der Waals surface area (Å²) >= 11 is 14.0. The molecule has 0 unspecified atom stereocenters. The molecule has 0 bridgehead atoms. The van der Waals surface area contributed by atoms with Crippen LogP contribution in [0.4, 0.5) is 4.39 Å². The number of alkyl halides is 2. The minimum Gasteiger partial charge on any atom is -1.00 e. The van der Waals surface area contributed by atoms with Crippen molar-refractivity contribution in [2.45, 2.75) is 0 Å². The smallest absolute Gasteiger partial charge is 1.00 e. The molecule has 0 rings (SSSR count). The van der Waals surface area contributed by atoms with E-state index < -0.39 is 17.2 Å². The number of hydrogen-bond acceptors (Lipinski definition) is 2. The second kappa shape index (κ2) is 18.5. The number of carbonyl (C=O) groups is 2. The van der Waals surface area contributed by atoms with E-state index in [1.807, 2.05) is 0 Å². The Bertz CT molecular complexity index is 111. The van der Waals surface area contributed by atoms with Gasteiger partial charge in [0.1, 0.15) is 0 Å². The summed E-state index contributed by atoms with van der Waals surface area (Å²) < 4.78 is 10.6. The average molecular weight is 266 g/mol. The van der Waals surface area contributed by atoms with E-state index >= 15 is 0 Å². The van der Waals surface area contributed by atoms with Gasteiger partial charge in [-0.25, -0.2) is 4.39 Å². The minimum absolute atomic E-state index is 0. The third kappa shape index (κ3) is 41.2. The van der Waals surface area contributed by atoms with Crippen LogP contribution in [0.25, 0.3) is 0 Å². The number of halogens is 5. The Hall–Kier alpha value is 1.71. The molecule has 68 valence electrons. The van der Waals surface area contributed by atoms with Gasteiger partial charge in [-0.2, -0.15) is 0 Å². The van der Waals surface area contributed by atoms with E-state index in [-0.39, 0.29) is 62.0 Å². The van der Waals surface area contributed by atoms with Crippen LogP contribution < -0.4 is 56.1 Å².